The van der Waals surface area contributed by atoms with Gasteiger partial charge in [0.15, 0.2) is 0 Å². The molecule has 0 radical (unpaired) electrons. The Morgan fingerprint density at radius 3 is 2.41 bits per heavy atom. The molecule has 1 unspecified atom stereocenters. The Bertz CT molecular complexity index is 847. The van der Waals surface area contributed by atoms with E-state index >= 15 is 0 Å². The summed E-state index contributed by atoms with van der Waals surface area (Å²) < 4.78 is 0. The molecule has 4 rings (SSSR count). The van der Waals surface area contributed by atoms with Crippen LogP contribution in [0.3, 0.4) is 0 Å². The number of anilines is 1. The van der Waals surface area contributed by atoms with E-state index in [1.54, 1.807) is 0 Å². The molecule has 1 fully saturated rings. The van der Waals surface area contributed by atoms with Gasteiger partial charge in [0, 0.05) is 43.3 Å². The van der Waals surface area contributed by atoms with Gasteiger partial charge in [-0.3, -0.25) is 9.88 Å². The Morgan fingerprint density at radius 2 is 1.74 bits per heavy atom. The van der Waals surface area contributed by atoms with E-state index in [1.165, 1.54) is 11.1 Å². The number of rotatable bonds is 5. The third-order valence-corrected chi connectivity index (χ3v) is 5.31. The summed E-state index contributed by atoms with van der Waals surface area (Å²) in [6, 6.07) is 19.5. The van der Waals surface area contributed by atoms with Gasteiger partial charge < -0.3 is 4.90 Å². The molecule has 0 spiro atoms. The number of hydrogen-bond acceptors (Lipinski definition) is 4. The lowest BCUT2D eigenvalue weighted by Crippen LogP contribution is -2.34. The van der Waals surface area contributed by atoms with E-state index in [2.05, 4.69) is 77.2 Å². The molecule has 4 nitrogen and oxygen atoms in total. The largest absolute Gasteiger partial charge is 0.342 e. The van der Waals surface area contributed by atoms with Crippen molar-refractivity contribution in [3.05, 3.63) is 78.8 Å². The molecular weight excluding hydrogens is 332 g/mol. The highest BCUT2D eigenvalue weighted by atomic mass is 15.4. The number of nitrogens with zero attached hydrogens (tertiary/aromatic N) is 4. The Balaban J connectivity index is 1.50. The standard InChI is InChI=1S/C23H26N4/c1-18(2)22-16-27(17-26(22)15-19-10-12-24-13-11-19)23-9-8-21(14-25-23)20-6-4-3-5-7-20/h3-14,18,22H,15-17H2,1-2H3. The zero-order valence-electron chi connectivity index (χ0n) is 16.0. The van der Waals surface area contributed by atoms with Crippen LogP contribution in [-0.2, 0) is 6.54 Å². The minimum atomic E-state index is 0.522. The fraction of sp³-hybridized carbons (Fsp3) is 0.304. The van der Waals surface area contributed by atoms with Gasteiger partial charge in [-0.1, -0.05) is 44.2 Å². The van der Waals surface area contributed by atoms with E-state index in [9.17, 15) is 0 Å². The van der Waals surface area contributed by atoms with Crippen LogP contribution in [0.1, 0.15) is 19.4 Å². The van der Waals surface area contributed by atoms with Crippen LogP contribution in [0.5, 0.6) is 0 Å². The monoisotopic (exact) mass is 358 g/mol. The highest BCUT2D eigenvalue weighted by Crippen LogP contribution is 2.27. The molecule has 3 heterocycles. The van der Waals surface area contributed by atoms with Gasteiger partial charge in [0.1, 0.15) is 5.82 Å². The second-order valence-electron chi connectivity index (χ2n) is 7.55. The average molecular weight is 358 g/mol. The molecule has 1 aliphatic rings. The summed E-state index contributed by atoms with van der Waals surface area (Å²) in [6.45, 7) is 7.48. The van der Waals surface area contributed by atoms with Gasteiger partial charge in [0.25, 0.3) is 0 Å². The van der Waals surface area contributed by atoms with Crippen molar-refractivity contribution in [2.45, 2.75) is 26.4 Å². The first-order valence-corrected chi connectivity index (χ1v) is 9.60. The first-order valence-electron chi connectivity index (χ1n) is 9.60. The minimum absolute atomic E-state index is 0.522. The van der Waals surface area contributed by atoms with Gasteiger partial charge in [0.2, 0.25) is 0 Å². The highest BCUT2D eigenvalue weighted by molar-refractivity contribution is 5.63. The Hall–Kier alpha value is -2.72. The van der Waals surface area contributed by atoms with Crippen LogP contribution < -0.4 is 4.90 Å². The van der Waals surface area contributed by atoms with Crippen LogP contribution in [0.25, 0.3) is 11.1 Å². The molecule has 0 saturated carbocycles. The maximum Gasteiger partial charge on any atom is 0.129 e. The van der Waals surface area contributed by atoms with Gasteiger partial charge >= 0.3 is 0 Å². The Morgan fingerprint density at radius 1 is 0.963 bits per heavy atom. The molecule has 4 heteroatoms. The SMILES string of the molecule is CC(C)C1CN(c2ccc(-c3ccccc3)cn2)CN1Cc1ccncc1. The average Bonchev–Trinajstić information content (AvgIpc) is 3.14. The Kier molecular flexibility index (Phi) is 5.16. The van der Waals surface area contributed by atoms with Crippen LogP contribution in [0, 0.1) is 5.92 Å². The molecular formula is C23H26N4. The predicted molar refractivity (Wildman–Crippen MR) is 110 cm³/mol. The van der Waals surface area contributed by atoms with E-state index in [4.69, 9.17) is 4.98 Å². The van der Waals surface area contributed by atoms with E-state index in [0.29, 0.717) is 12.0 Å². The molecule has 0 aliphatic carbocycles. The van der Waals surface area contributed by atoms with Crippen molar-refractivity contribution in [2.75, 3.05) is 18.1 Å². The molecule has 27 heavy (non-hydrogen) atoms. The lowest BCUT2D eigenvalue weighted by Gasteiger charge is -2.25. The zero-order valence-corrected chi connectivity index (χ0v) is 16.0. The van der Waals surface area contributed by atoms with Crippen molar-refractivity contribution >= 4 is 5.82 Å². The van der Waals surface area contributed by atoms with E-state index in [0.717, 1.165) is 31.1 Å². The fourth-order valence-corrected chi connectivity index (χ4v) is 3.79. The fourth-order valence-electron chi connectivity index (χ4n) is 3.79. The molecule has 3 aromatic rings. The second kappa shape index (κ2) is 7.89. The first-order chi connectivity index (χ1) is 13.2. The summed E-state index contributed by atoms with van der Waals surface area (Å²) in [5.74, 6) is 1.65. The smallest absolute Gasteiger partial charge is 0.129 e. The number of hydrogen-bond donors (Lipinski definition) is 0. The lowest BCUT2D eigenvalue weighted by molar-refractivity contribution is 0.206. The third-order valence-electron chi connectivity index (χ3n) is 5.31. The molecule has 1 aromatic carbocycles. The minimum Gasteiger partial charge on any atom is -0.342 e. The lowest BCUT2D eigenvalue weighted by atomic mass is 10.0. The summed E-state index contributed by atoms with van der Waals surface area (Å²) in [4.78, 5) is 13.8. The zero-order chi connectivity index (χ0) is 18.6. The molecule has 138 valence electrons. The van der Waals surface area contributed by atoms with Crippen LogP contribution in [0.4, 0.5) is 5.82 Å². The first kappa shape index (κ1) is 17.7. The van der Waals surface area contributed by atoms with Crippen LogP contribution in [0.2, 0.25) is 0 Å². The summed E-state index contributed by atoms with van der Waals surface area (Å²) >= 11 is 0. The van der Waals surface area contributed by atoms with Crippen molar-refractivity contribution in [2.24, 2.45) is 5.92 Å². The van der Waals surface area contributed by atoms with Crippen molar-refractivity contribution in [1.29, 1.82) is 0 Å². The number of benzene rings is 1. The predicted octanol–water partition coefficient (Wildman–Crippen LogP) is 4.45. The van der Waals surface area contributed by atoms with Crippen LogP contribution >= 0.6 is 0 Å². The second-order valence-corrected chi connectivity index (χ2v) is 7.55. The van der Waals surface area contributed by atoms with Crippen molar-refractivity contribution in [3.63, 3.8) is 0 Å². The maximum atomic E-state index is 4.76. The van der Waals surface area contributed by atoms with Gasteiger partial charge in [-0.25, -0.2) is 4.98 Å². The Labute approximate surface area is 161 Å². The molecule has 2 aromatic heterocycles. The summed E-state index contributed by atoms with van der Waals surface area (Å²) in [5, 5.41) is 0. The number of pyridine rings is 2. The van der Waals surface area contributed by atoms with Crippen LogP contribution in [0.15, 0.2) is 73.2 Å². The molecule has 1 atom stereocenters. The van der Waals surface area contributed by atoms with E-state index < -0.39 is 0 Å². The molecule has 1 aliphatic heterocycles. The normalized spacial score (nSPS) is 17.6. The van der Waals surface area contributed by atoms with Crippen molar-refractivity contribution < 1.29 is 0 Å². The molecule has 0 N–H and O–H groups in total. The van der Waals surface area contributed by atoms with Gasteiger partial charge in [-0.15, -0.1) is 0 Å². The topological polar surface area (TPSA) is 32.3 Å². The molecule has 0 amide bonds. The van der Waals surface area contributed by atoms with Crippen LogP contribution in [-0.4, -0.2) is 34.1 Å². The van der Waals surface area contributed by atoms with Gasteiger partial charge in [-0.2, -0.15) is 0 Å². The van der Waals surface area contributed by atoms with E-state index in [-0.39, 0.29) is 0 Å². The van der Waals surface area contributed by atoms with Crippen molar-refractivity contribution in [3.8, 4) is 11.1 Å². The summed E-state index contributed by atoms with van der Waals surface area (Å²) in [5.41, 5.74) is 3.68. The maximum absolute atomic E-state index is 4.76. The summed E-state index contributed by atoms with van der Waals surface area (Å²) in [7, 11) is 0. The van der Waals surface area contributed by atoms with Crippen molar-refractivity contribution in [1.82, 2.24) is 14.9 Å². The highest BCUT2D eigenvalue weighted by Gasteiger charge is 2.32. The molecule has 0 bridgehead atoms. The van der Waals surface area contributed by atoms with Gasteiger partial charge in [0.05, 0.1) is 6.67 Å². The van der Waals surface area contributed by atoms with E-state index in [1.807, 2.05) is 24.7 Å². The third kappa shape index (κ3) is 4.01. The quantitative estimate of drug-likeness (QED) is 0.675. The molecule has 1 saturated heterocycles. The van der Waals surface area contributed by atoms with Gasteiger partial charge in [-0.05, 0) is 41.3 Å². The number of aromatic nitrogens is 2. The summed E-state index contributed by atoms with van der Waals surface area (Å²) in [6.07, 6.45) is 5.73.